The number of sulfonamides is 1. The standard InChI is InChI=1S/C21H23BrFN3O3S/c1-14-11-16-12-19(22)21(13-20(16)26(14)15(2)27)30(28,29)25-9-7-24(8-10-25)18-5-3-17(23)4-6-18/h3-6,12-14H,7-11H2,1-2H3/t14-/m0/s1. The summed E-state index contributed by atoms with van der Waals surface area (Å²) in [7, 11) is -3.73. The van der Waals surface area contributed by atoms with E-state index in [2.05, 4.69) is 15.9 Å². The van der Waals surface area contributed by atoms with Crippen molar-refractivity contribution in [3.8, 4) is 0 Å². The van der Waals surface area contributed by atoms with Gasteiger partial charge >= 0.3 is 0 Å². The van der Waals surface area contributed by atoms with Gasteiger partial charge in [0.15, 0.2) is 0 Å². The number of nitrogens with zero attached hydrogens (tertiary/aromatic N) is 3. The minimum absolute atomic E-state index is 0.00149. The fraction of sp³-hybridized carbons (Fsp3) is 0.381. The van der Waals surface area contributed by atoms with Crippen LogP contribution in [-0.2, 0) is 21.2 Å². The van der Waals surface area contributed by atoms with Crippen molar-refractivity contribution < 1.29 is 17.6 Å². The number of hydrogen-bond donors (Lipinski definition) is 0. The number of carbonyl (C=O) groups excluding carboxylic acids is 1. The minimum atomic E-state index is -3.73. The average molecular weight is 496 g/mol. The third-order valence-corrected chi connectivity index (χ3v) is 8.59. The molecule has 0 radical (unpaired) electrons. The molecule has 6 nitrogen and oxygen atoms in total. The van der Waals surface area contributed by atoms with E-state index < -0.39 is 10.0 Å². The second-order valence-electron chi connectivity index (χ2n) is 7.72. The number of anilines is 2. The number of amides is 1. The van der Waals surface area contributed by atoms with Gasteiger partial charge in [-0.3, -0.25) is 4.79 Å². The highest BCUT2D eigenvalue weighted by atomic mass is 79.9. The van der Waals surface area contributed by atoms with Crippen LogP contribution in [0.4, 0.5) is 15.8 Å². The molecule has 2 aliphatic rings. The monoisotopic (exact) mass is 495 g/mol. The van der Waals surface area contributed by atoms with E-state index >= 15 is 0 Å². The Morgan fingerprint density at radius 3 is 2.33 bits per heavy atom. The summed E-state index contributed by atoms with van der Waals surface area (Å²) in [5, 5.41) is 0. The summed E-state index contributed by atoms with van der Waals surface area (Å²) in [6, 6.07) is 9.65. The van der Waals surface area contributed by atoms with E-state index in [1.165, 1.54) is 23.4 Å². The number of halogens is 2. The molecule has 9 heteroatoms. The lowest BCUT2D eigenvalue weighted by atomic mass is 10.1. The van der Waals surface area contributed by atoms with E-state index in [0.29, 0.717) is 42.8 Å². The molecule has 2 aliphatic heterocycles. The summed E-state index contributed by atoms with van der Waals surface area (Å²) in [4.78, 5) is 16.0. The second kappa shape index (κ2) is 7.94. The molecular formula is C21H23BrFN3O3S. The van der Waals surface area contributed by atoms with Crippen LogP contribution < -0.4 is 9.80 Å². The third kappa shape index (κ3) is 3.74. The van der Waals surface area contributed by atoms with Crippen molar-refractivity contribution in [2.45, 2.75) is 31.2 Å². The van der Waals surface area contributed by atoms with Crippen LogP contribution in [0.1, 0.15) is 19.4 Å². The van der Waals surface area contributed by atoms with Gasteiger partial charge in [0.05, 0.1) is 4.90 Å². The van der Waals surface area contributed by atoms with E-state index in [9.17, 15) is 17.6 Å². The SMILES string of the molecule is CC(=O)N1c2cc(S(=O)(=O)N3CCN(c4ccc(F)cc4)CC3)c(Br)cc2C[C@@H]1C. The Hall–Kier alpha value is -1.97. The summed E-state index contributed by atoms with van der Waals surface area (Å²) in [5.41, 5.74) is 2.50. The topological polar surface area (TPSA) is 60.9 Å². The molecule has 0 aromatic heterocycles. The molecule has 0 N–H and O–H groups in total. The zero-order valence-electron chi connectivity index (χ0n) is 16.8. The molecule has 0 spiro atoms. The molecule has 1 saturated heterocycles. The van der Waals surface area contributed by atoms with Crippen LogP contribution >= 0.6 is 15.9 Å². The first-order valence-electron chi connectivity index (χ1n) is 9.81. The van der Waals surface area contributed by atoms with Gasteiger partial charge in [0, 0.05) is 55.0 Å². The summed E-state index contributed by atoms with van der Waals surface area (Å²) in [6.07, 6.45) is 0.699. The maximum atomic E-state index is 13.4. The van der Waals surface area contributed by atoms with Gasteiger partial charge in [0.2, 0.25) is 15.9 Å². The molecule has 1 fully saturated rings. The van der Waals surface area contributed by atoms with Crippen LogP contribution in [0.25, 0.3) is 0 Å². The summed E-state index contributed by atoms with van der Waals surface area (Å²) >= 11 is 3.43. The van der Waals surface area contributed by atoms with Crippen LogP contribution in [0, 0.1) is 5.82 Å². The lowest BCUT2D eigenvalue weighted by molar-refractivity contribution is -0.116. The molecule has 0 aliphatic carbocycles. The van der Waals surface area contributed by atoms with Crippen LogP contribution in [0.5, 0.6) is 0 Å². The van der Waals surface area contributed by atoms with Gasteiger partial charge < -0.3 is 9.80 Å². The van der Waals surface area contributed by atoms with E-state index in [1.807, 2.05) is 17.9 Å². The number of benzene rings is 2. The molecule has 0 saturated carbocycles. The maximum absolute atomic E-state index is 13.4. The molecule has 1 amide bonds. The highest BCUT2D eigenvalue weighted by Crippen LogP contribution is 2.39. The zero-order valence-corrected chi connectivity index (χ0v) is 19.2. The summed E-state index contributed by atoms with van der Waals surface area (Å²) in [6.45, 7) is 5.15. The van der Waals surface area contributed by atoms with Gasteiger partial charge in [-0.15, -0.1) is 0 Å². The molecule has 4 rings (SSSR count). The van der Waals surface area contributed by atoms with Gasteiger partial charge in [-0.05, 0) is 71.2 Å². The Labute approximate surface area is 184 Å². The number of carbonyl (C=O) groups is 1. The Bertz CT molecular complexity index is 1080. The molecular weight excluding hydrogens is 473 g/mol. The lowest BCUT2D eigenvalue weighted by Gasteiger charge is -2.35. The number of rotatable bonds is 3. The minimum Gasteiger partial charge on any atom is -0.369 e. The molecule has 30 heavy (non-hydrogen) atoms. The molecule has 0 bridgehead atoms. The quantitative estimate of drug-likeness (QED) is 0.654. The fourth-order valence-electron chi connectivity index (χ4n) is 4.27. The Morgan fingerprint density at radius 2 is 1.73 bits per heavy atom. The second-order valence-corrected chi connectivity index (χ2v) is 10.5. The number of fused-ring (bicyclic) bond motifs is 1. The molecule has 2 aromatic rings. The first kappa shape index (κ1) is 21.3. The van der Waals surface area contributed by atoms with Crippen molar-refractivity contribution >= 4 is 43.2 Å². The van der Waals surface area contributed by atoms with Crippen LogP contribution in [0.3, 0.4) is 0 Å². The summed E-state index contributed by atoms with van der Waals surface area (Å²) < 4.78 is 41.9. The van der Waals surface area contributed by atoms with Crippen LogP contribution in [0.2, 0.25) is 0 Å². The third-order valence-electron chi connectivity index (χ3n) is 5.74. The maximum Gasteiger partial charge on any atom is 0.244 e. The van der Waals surface area contributed by atoms with Gasteiger partial charge in [-0.1, -0.05) is 0 Å². The molecule has 160 valence electrons. The lowest BCUT2D eigenvalue weighted by Crippen LogP contribution is -2.48. The first-order chi connectivity index (χ1) is 14.2. The average Bonchev–Trinajstić information content (AvgIpc) is 3.02. The first-order valence-corrected chi connectivity index (χ1v) is 12.0. The van der Waals surface area contributed by atoms with Crippen molar-refractivity contribution in [1.29, 1.82) is 0 Å². The van der Waals surface area contributed by atoms with Crippen molar-refractivity contribution in [3.05, 3.63) is 52.3 Å². The van der Waals surface area contributed by atoms with E-state index in [0.717, 1.165) is 11.3 Å². The van der Waals surface area contributed by atoms with Crippen LogP contribution in [-0.4, -0.2) is 50.9 Å². The predicted molar refractivity (Wildman–Crippen MR) is 118 cm³/mol. The van der Waals surface area contributed by atoms with E-state index in [4.69, 9.17) is 0 Å². The molecule has 0 unspecified atom stereocenters. The molecule has 1 atom stereocenters. The van der Waals surface area contributed by atoms with Gasteiger partial charge in [-0.2, -0.15) is 4.31 Å². The Balaban J connectivity index is 1.58. The molecule has 2 heterocycles. The van der Waals surface area contributed by atoms with Crippen molar-refractivity contribution in [2.75, 3.05) is 36.0 Å². The highest BCUT2D eigenvalue weighted by Gasteiger charge is 2.35. The highest BCUT2D eigenvalue weighted by molar-refractivity contribution is 9.10. The number of piperazine rings is 1. The number of hydrogen-bond acceptors (Lipinski definition) is 4. The van der Waals surface area contributed by atoms with E-state index in [-0.39, 0.29) is 22.7 Å². The van der Waals surface area contributed by atoms with E-state index in [1.54, 1.807) is 23.1 Å². The zero-order chi connectivity index (χ0) is 21.6. The normalized spacial score (nSPS) is 19.8. The Morgan fingerprint density at radius 1 is 1.10 bits per heavy atom. The summed E-state index contributed by atoms with van der Waals surface area (Å²) in [5.74, 6) is -0.393. The Kier molecular flexibility index (Phi) is 5.63. The van der Waals surface area contributed by atoms with Gasteiger partial charge in [0.1, 0.15) is 5.82 Å². The van der Waals surface area contributed by atoms with Crippen LogP contribution in [0.15, 0.2) is 45.8 Å². The largest absolute Gasteiger partial charge is 0.369 e. The molecule has 2 aromatic carbocycles. The van der Waals surface area contributed by atoms with Crippen molar-refractivity contribution in [3.63, 3.8) is 0 Å². The van der Waals surface area contributed by atoms with Crippen molar-refractivity contribution in [1.82, 2.24) is 4.31 Å². The van der Waals surface area contributed by atoms with Crippen molar-refractivity contribution in [2.24, 2.45) is 0 Å². The van der Waals surface area contributed by atoms with Gasteiger partial charge in [0.25, 0.3) is 0 Å². The smallest absolute Gasteiger partial charge is 0.244 e. The predicted octanol–water partition coefficient (Wildman–Crippen LogP) is 3.40. The fourth-order valence-corrected chi connectivity index (χ4v) is 6.77. The van der Waals surface area contributed by atoms with Gasteiger partial charge in [-0.25, -0.2) is 12.8 Å².